The number of aromatic nitrogens is 1. The number of anilines is 1. The Hall–Kier alpha value is -4.27. The quantitative estimate of drug-likeness (QED) is 0.365. The molecule has 0 bridgehead atoms. The minimum Gasteiger partial charge on any atom is -0.496 e. The van der Waals surface area contributed by atoms with Gasteiger partial charge in [0.15, 0.2) is 0 Å². The molecule has 0 aliphatic rings. The lowest BCUT2D eigenvalue weighted by atomic mass is 10.0. The summed E-state index contributed by atoms with van der Waals surface area (Å²) >= 11 is 0. The number of nitrogens with one attached hydrogen (secondary N) is 1. The fourth-order valence-corrected chi connectivity index (χ4v) is 4.14. The first-order valence-electron chi connectivity index (χ1n) is 11.0. The van der Waals surface area contributed by atoms with E-state index < -0.39 is 6.36 Å². The van der Waals surface area contributed by atoms with Crippen LogP contribution in [0.3, 0.4) is 0 Å². The SMILES string of the molecule is COc1c(C)cc(C(=O)Nc2cccc3c(=O)n(Cc4ccc(OC(F)(F)F)cc4)ccc23)cc1C. The highest BCUT2D eigenvalue weighted by Crippen LogP contribution is 2.27. The highest BCUT2D eigenvalue weighted by atomic mass is 19.4. The Bertz CT molecular complexity index is 1470. The van der Waals surface area contributed by atoms with Crippen LogP contribution in [-0.4, -0.2) is 23.9 Å². The van der Waals surface area contributed by atoms with Crippen molar-refractivity contribution in [1.29, 1.82) is 0 Å². The number of alkyl halides is 3. The largest absolute Gasteiger partial charge is 0.573 e. The normalized spacial score (nSPS) is 11.4. The Morgan fingerprint density at radius 2 is 1.64 bits per heavy atom. The third-order valence-electron chi connectivity index (χ3n) is 5.70. The van der Waals surface area contributed by atoms with Crippen molar-refractivity contribution in [3.63, 3.8) is 0 Å². The minimum atomic E-state index is -4.77. The van der Waals surface area contributed by atoms with Crippen LogP contribution in [0.15, 0.2) is 71.7 Å². The Labute approximate surface area is 204 Å². The molecule has 1 aromatic heterocycles. The van der Waals surface area contributed by atoms with Crippen molar-refractivity contribution in [2.45, 2.75) is 26.8 Å². The molecule has 36 heavy (non-hydrogen) atoms. The van der Waals surface area contributed by atoms with Crippen LogP contribution >= 0.6 is 0 Å². The van der Waals surface area contributed by atoms with Crippen molar-refractivity contribution in [3.05, 3.63) is 99.5 Å². The number of carbonyl (C=O) groups excluding carboxylic acids is 1. The number of ether oxygens (including phenoxy) is 2. The van der Waals surface area contributed by atoms with E-state index in [2.05, 4.69) is 10.1 Å². The van der Waals surface area contributed by atoms with Crippen LogP contribution in [0.4, 0.5) is 18.9 Å². The molecule has 4 aromatic rings. The highest BCUT2D eigenvalue weighted by molar-refractivity contribution is 6.09. The van der Waals surface area contributed by atoms with Crippen molar-refractivity contribution < 1.29 is 27.4 Å². The van der Waals surface area contributed by atoms with Gasteiger partial charge in [0.1, 0.15) is 11.5 Å². The van der Waals surface area contributed by atoms with E-state index in [0.717, 1.165) is 16.9 Å². The maximum Gasteiger partial charge on any atom is 0.573 e. The van der Waals surface area contributed by atoms with Gasteiger partial charge in [0, 0.05) is 28.2 Å². The summed E-state index contributed by atoms with van der Waals surface area (Å²) in [6, 6.07) is 15.6. The van der Waals surface area contributed by atoms with E-state index in [-0.39, 0.29) is 23.8 Å². The van der Waals surface area contributed by atoms with Crippen molar-refractivity contribution in [1.82, 2.24) is 4.57 Å². The second-order valence-electron chi connectivity index (χ2n) is 8.30. The van der Waals surface area contributed by atoms with Crippen molar-refractivity contribution >= 4 is 22.4 Å². The van der Waals surface area contributed by atoms with Crippen LogP contribution < -0.4 is 20.3 Å². The summed E-state index contributed by atoms with van der Waals surface area (Å²) < 4.78 is 47.8. The molecule has 0 saturated heterocycles. The first-order valence-corrected chi connectivity index (χ1v) is 11.0. The number of hydrogen-bond donors (Lipinski definition) is 1. The van der Waals surface area contributed by atoms with Crippen molar-refractivity contribution in [3.8, 4) is 11.5 Å². The van der Waals surface area contributed by atoms with Crippen molar-refractivity contribution in [2.75, 3.05) is 12.4 Å². The Kier molecular flexibility index (Phi) is 6.74. The third kappa shape index (κ3) is 5.35. The number of rotatable bonds is 6. The zero-order chi connectivity index (χ0) is 26.0. The number of hydrogen-bond acceptors (Lipinski definition) is 4. The smallest absolute Gasteiger partial charge is 0.496 e. The van der Waals surface area contributed by atoms with Crippen LogP contribution in [-0.2, 0) is 6.54 Å². The standard InChI is InChI=1S/C27H23F3N2O4/c1-16-13-19(14-17(2)24(16)35-3)25(33)31-23-6-4-5-22-21(23)11-12-32(26(22)34)15-18-7-9-20(10-8-18)36-27(28,29)30/h4-14H,15H2,1-3H3,(H,31,33). The van der Waals surface area contributed by atoms with E-state index in [1.54, 1.807) is 49.7 Å². The summed E-state index contributed by atoms with van der Waals surface area (Å²) in [4.78, 5) is 26.1. The molecule has 0 unspecified atom stereocenters. The molecule has 0 aliphatic carbocycles. The Morgan fingerprint density at radius 3 is 2.25 bits per heavy atom. The predicted molar refractivity (Wildman–Crippen MR) is 131 cm³/mol. The number of halogens is 3. The van der Waals surface area contributed by atoms with Crippen LogP contribution in [0.25, 0.3) is 10.8 Å². The molecule has 1 heterocycles. The van der Waals surface area contributed by atoms with Gasteiger partial charge >= 0.3 is 6.36 Å². The molecule has 186 valence electrons. The molecule has 0 aliphatic heterocycles. The fourth-order valence-electron chi connectivity index (χ4n) is 4.14. The topological polar surface area (TPSA) is 69.6 Å². The van der Waals surface area contributed by atoms with E-state index >= 15 is 0 Å². The summed E-state index contributed by atoms with van der Waals surface area (Å²) in [5.41, 5.74) is 2.95. The molecule has 0 radical (unpaired) electrons. The minimum absolute atomic E-state index is 0.155. The number of fused-ring (bicyclic) bond motifs is 1. The number of amides is 1. The Balaban J connectivity index is 1.58. The average molecular weight is 496 g/mol. The number of benzene rings is 3. The molecule has 6 nitrogen and oxygen atoms in total. The van der Waals surface area contributed by atoms with Gasteiger partial charge in [0.05, 0.1) is 13.7 Å². The van der Waals surface area contributed by atoms with Crippen LogP contribution in [0.5, 0.6) is 11.5 Å². The van der Waals surface area contributed by atoms with E-state index in [4.69, 9.17) is 4.74 Å². The highest BCUT2D eigenvalue weighted by Gasteiger charge is 2.30. The number of carbonyl (C=O) groups is 1. The summed E-state index contributed by atoms with van der Waals surface area (Å²) in [6.07, 6.45) is -3.18. The lowest BCUT2D eigenvalue weighted by Gasteiger charge is -2.14. The maximum absolute atomic E-state index is 13.1. The lowest BCUT2D eigenvalue weighted by molar-refractivity contribution is -0.274. The molecule has 1 amide bonds. The maximum atomic E-state index is 13.1. The van der Waals surface area contributed by atoms with Gasteiger partial charge in [0.25, 0.3) is 11.5 Å². The van der Waals surface area contributed by atoms with E-state index in [0.29, 0.717) is 27.6 Å². The lowest BCUT2D eigenvalue weighted by Crippen LogP contribution is -2.21. The van der Waals surface area contributed by atoms with Gasteiger partial charge in [-0.3, -0.25) is 9.59 Å². The third-order valence-corrected chi connectivity index (χ3v) is 5.70. The first-order chi connectivity index (χ1) is 17.1. The zero-order valence-corrected chi connectivity index (χ0v) is 19.8. The first kappa shape index (κ1) is 24.8. The van der Waals surface area contributed by atoms with E-state index in [1.807, 2.05) is 13.8 Å². The van der Waals surface area contributed by atoms with Gasteiger partial charge in [-0.15, -0.1) is 13.2 Å². The molecule has 0 spiro atoms. The summed E-state index contributed by atoms with van der Waals surface area (Å²) in [7, 11) is 1.58. The predicted octanol–water partition coefficient (Wildman–Crippen LogP) is 5.83. The molecule has 0 atom stereocenters. The van der Waals surface area contributed by atoms with Gasteiger partial charge in [-0.2, -0.15) is 0 Å². The molecular weight excluding hydrogens is 473 g/mol. The molecule has 0 fully saturated rings. The van der Waals surface area contributed by atoms with E-state index in [1.165, 1.54) is 28.8 Å². The van der Waals surface area contributed by atoms with Gasteiger partial charge in [-0.25, -0.2) is 0 Å². The summed E-state index contributed by atoms with van der Waals surface area (Å²) in [5.74, 6) is 0.0706. The average Bonchev–Trinajstić information content (AvgIpc) is 2.81. The monoisotopic (exact) mass is 496 g/mol. The van der Waals surface area contributed by atoms with Gasteiger partial charge in [-0.05, 0) is 73.0 Å². The second-order valence-corrected chi connectivity index (χ2v) is 8.30. The number of nitrogens with zero attached hydrogens (tertiary/aromatic N) is 1. The molecule has 0 saturated carbocycles. The van der Waals surface area contributed by atoms with Crippen LogP contribution in [0, 0.1) is 13.8 Å². The van der Waals surface area contributed by atoms with Crippen molar-refractivity contribution in [2.24, 2.45) is 0 Å². The Morgan fingerprint density at radius 1 is 0.972 bits per heavy atom. The van der Waals surface area contributed by atoms with Crippen LogP contribution in [0.2, 0.25) is 0 Å². The summed E-state index contributed by atoms with van der Waals surface area (Å²) in [5, 5.41) is 3.85. The van der Waals surface area contributed by atoms with Crippen LogP contribution in [0.1, 0.15) is 27.0 Å². The van der Waals surface area contributed by atoms with Gasteiger partial charge < -0.3 is 19.4 Å². The molecule has 4 rings (SSSR count). The van der Waals surface area contributed by atoms with E-state index in [9.17, 15) is 22.8 Å². The summed E-state index contributed by atoms with van der Waals surface area (Å²) in [6.45, 7) is 3.88. The fraction of sp³-hybridized carbons (Fsp3) is 0.185. The molecular formula is C27H23F3N2O4. The number of methoxy groups -OCH3 is 1. The van der Waals surface area contributed by atoms with Gasteiger partial charge in [0.2, 0.25) is 0 Å². The molecule has 9 heteroatoms. The zero-order valence-electron chi connectivity index (χ0n) is 19.8. The van der Waals surface area contributed by atoms with Gasteiger partial charge in [-0.1, -0.05) is 18.2 Å². The second kappa shape index (κ2) is 9.77. The number of pyridine rings is 1. The molecule has 3 aromatic carbocycles. The number of aryl methyl sites for hydroxylation is 2. The molecule has 1 N–H and O–H groups in total.